The van der Waals surface area contributed by atoms with Crippen LogP contribution in [0.1, 0.15) is 16.8 Å². The summed E-state index contributed by atoms with van der Waals surface area (Å²) >= 11 is 0. The van der Waals surface area contributed by atoms with Crippen molar-refractivity contribution in [3.8, 4) is 6.07 Å². The first kappa shape index (κ1) is 10.8. The first-order chi connectivity index (χ1) is 7.06. The number of hydrogen-bond acceptors (Lipinski definition) is 4. The molecule has 1 rings (SSSR count). The number of nitriles is 1. The Hall–Kier alpha value is -2.29. The van der Waals surface area contributed by atoms with Gasteiger partial charge in [-0.2, -0.15) is 9.65 Å². The van der Waals surface area contributed by atoms with Gasteiger partial charge in [0.05, 0.1) is 17.4 Å². The van der Waals surface area contributed by atoms with Gasteiger partial charge < -0.3 is 0 Å². The molecule has 0 aromatic heterocycles. The van der Waals surface area contributed by atoms with Crippen molar-refractivity contribution >= 4 is 11.5 Å². The lowest BCUT2D eigenvalue weighted by molar-refractivity contribution is -0.387. The molecule has 0 N–H and O–H groups in total. The van der Waals surface area contributed by atoms with Crippen molar-refractivity contribution in [2.24, 2.45) is 0 Å². The van der Waals surface area contributed by atoms with Gasteiger partial charge in [0.25, 0.3) is 0 Å². The number of ketones is 1. The summed E-state index contributed by atoms with van der Waals surface area (Å²) in [5.74, 6) is -1.57. The maximum absolute atomic E-state index is 12.9. The zero-order valence-electron chi connectivity index (χ0n) is 7.44. The highest BCUT2D eigenvalue weighted by Gasteiger charge is 2.16. The normalized spacial score (nSPS) is 9.33. The Labute approximate surface area is 83.9 Å². The maximum atomic E-state index is 12.9. The molecule has 0 aliphatic carbocycles. The average Bonchev–Trinajstić information content (AvgIpc) is 2.18. The van der Waals surface area contributed by atoms with Gasteiger partial charge in [-0.05, 0) is 12.1 Å². The molecule has 0 radical (unpaired) electrons. The minimum absolute atomic E-state index is 0.0374. The summed E-state index contributed by atoms with van der Waals surface area (Å²) < 4.78 is 12.9. The van der Waals surface area contributed by atoms with Crippen LogP contribution in [0.2, 0.25) is 0 Å². The first-order valence-corrected chi connectivity index (χ1v) is 3.90. The molecule has 0 fully saturated rings. The quantitative estimate of drug-likeness (QED) is 0.431. The highest BCUT2D eigenvalue weighted by atomic mass is 19.1. The van der Waals surface area contributed by atoms with Gasteiger partial charge in [0.2, 0.25) is 5.82 Å². The largest absolute Gasteiger partial charge is 0.305 e. The van der Waals surface area contributed by atoms with Gasteiger partial charge in [0.15, 0.2) is 5.78 Å². The lowest BCUT2D eigenvalue weighted by Gasteiger charge is -1.97. The van der Waals surface area contributed by atoms with E-state index in [1.165, 1.54) is 0 Å². The number of nitro benzene ring substituents is 1. The van der Waals surface area contributed by atoms with Crippen LogP contribution in [0.25, 0.3) is 0 Å². The molecule has 6 heteroatoms. The SMILES string of the molecule is N#CCC(=O)c1ccc(F)c([N+](=O)[O-])c1. The van der Waals surface area contributed by atoms with Crippen LogP contribution in [-0.2, 0) is 0 Å². The summed E-state index contributed by atoms with van der Waals surface area (Å²) in [6.07, 6.45) is -0.386. The Morgan fingerprint density at radius 3 is 2.80 bits per heavy atom. The van der Waals surface area contributed by atoms with E-state index >= 15 is 0 Å². The average molecular weight is 208 g/mol. The second kappa shape index (κ2) is 4.28. The fourth-order valence-electron chi connectivity index (χ4n) is 1.000. The molecular formula is C9H5FN2O3. The monoisotopic (exact) mass is 208 g/mol. The van der Waals surface area contributed by atoms with Crippen molar-refractivity contribution in [2.75, 3.05) is 0 Å². The van der Waals surface area contributed by atoms with Crippen LogP contribution >= 0.6 is 0 Å². The van der Waals surface area contributed by atoms with E-state index in [1.807, 2.05) is 0 Å². The third-order valence-corrected chi connectivity index (χ3v) is 1.70. The van der Waals surface area contributed by atoms with Gasteiger partial charge in [-0.1, -0.05) is 0 Å². The van der Waals surface area contributed by atoms with Crippen LogP contribution in [0.5, 0.6) is 0 Å². The van der Waals surface area contributed by atoms with Crippen molar-refractivity contribution in [1.82, 2.24) is 0 Å². The second-order valence-corrected chi connectivity index (χ2v) is 2.68. The molecular weight excluding hydrogens is 203 g/mol. The summed E-state index contributed by atoms with van der Waals surface area (Å²) in [6.45, 7) is 0. The molecule has 0 amide bonds. The van der Waals surface area contributed by atoms with E-state index in [2.05, 4.69) is 0 Å². The van der Waals surface area contributed by atoms with Crippen molar-refractivity contribution in [3.05, 3.63) is 39.7 Å². The Bertz CT molecular complexity index is 465. The molecule has 0 spiro atoms. The number of carbonyl (C=O) groups excluding carboxylic acids is 1. The van der Waals surface area contributed by atoms with Crippen molar-refractivity contribution in [1.29, 1.82) is 5.26 Å². The summed E-state index contributed by atoms with van der Waals surface area (Å²) in [5, 5.41) is 18.6. The topological polar surface area (TPSA) is 84.0 Å². The van der Waals surface area contributed by atoms with Gasteiger partial charge in [-0.3, -0.25) is 14.9 Å². The van der Waals surface area contributed by atoms with E-state index in [0.29, 0.717) is 0 Å². The van der Waals surface area contributed by atoms with Gasteiger partial charge in [0.1, 0.15) is 0 Å². The van der Waals surface area contributed by atoms with Crippen molar-refractivity contribution < 1.29 is 14.1 Å². The van der Waals surface area contributed by atoms with Crippen molar-refractivity contribution in [3.63, 3.8) is 0 Å². The van der Waals surface area contributed by atoms with Crippen LogP contribution in [0.15, 0.2) is 18.2 Å². The molecule has 0 aliphatic rings. The molecule has 0 heterocycles. The van der Waals surface area contributed by atoms with E-state index in [-0.39, 0.29) is 12.0 Å². The number of hydrogen-bond donors (Lipinski definition) is 0. The minimum atomic E-state index is -1.01. The zero-order chi connectivity index (χ0) is 11.4. The van der Waals surface area contributed by atoms with Gasteiger partial charge >= 0.3 is 5.69 Å². The third-order valence-electron chi connectivity index (χ3n) is 1.70. The van der Waals surface area contributed by atoms with Crippen LogP contribution < -0.4 is 0 Å². The maximum Gasteiger partial charge on any atom is 0.305 e. The molecule has 0 saturated heterocycles. The predicted octanol–water partition coefficient (Wildman–Crippen LogP) is 1.83. The van der Waals surface area contributed by atoms with Gasteiger partial charge in [-0.25, -0.2) is 0 Å². The second-order valence-electron chi connectivity index (χ2n) is 2.68. The van der Waals surface area contributed by atoms with Gasteiger partial charge in [-0.15, -0.1) is 0 Å². The van der Waals surface area contributed by atoms with Crippen LogP contribution in [0.4, 0.5) is 10.1 Å². The van der Waals surface area contributed by atoms with E-state index < -0.39 is 22.2 Å². The Balaban J connectivity index is 3.14. The smallest absolute Gasteiger partial charge is 0.293 e. The molecule has 1 aromatic rings. The van der Waals surface area contributed by atoms with E-state index in [9.17, 15) is 19.3 Å². The lowest BCUT2D eigenvalue weighted by Crippen LogP contribution is -2.00. The van der Waals surface area contributed by atoms with Crippen LogP contribution in [0, 0.1) is 27.3 Å². The first-order valence-electron chi connectivity index (χ1n) is 3.90. The number of carbonyl (C=O) groups is 1. The van der Waals surface area contributed by atoms with E-state index in [1.54, 1.807) is 6.07 Å². The summed E-state index contributed by atoms with van der Waals surface area (Å²) in [4.78, 5) is 20.6. The third kappa shape index (κ3) is 2.34. The summed E-state index contributed by atoms with van der Waals surface area (Å²) in [5.41, 5.74) is -0.802. The number of rotatable bonds is 3. The number of nitrogens with zero attached hydrogens (tertiary/aromatic N) is 2. The van der Waals surface area contributed by atoms with Crippen LogP contribution in [0.3, 0.4) is 0 Å². The highest BCUT2D eigenvalue weighted by Crippen LogP contribution is 2.19. The lowest BCUT2D eigenvalue weighted by atomic mass is 10.1. The molecule has 0 atom stereocenters. The highest BCUT2D eigenvalue weighted by molar-refractivity contribution is 5.97. The number of halogens is 1. The Morgan fingerprint density at radius 2 is 2.27 bits per heavy atom. The fourth-order valence-corrected chi connectivity index (χ4v) is 1.000. The van der Waals surface area contributed by atoms with Gasteiger partial charge in [0, 0.05) is 11.6 Å². The molecule has 15 heavy (non-hydrogen) atoms. The number of Topliss-reactive ketones (excluding diaryl/α,β-unsaturated/α-hetero) is 1. The molecule has 0 unspecified atom stereocenters. The fraction of sp³-hybridized carbons (Fsp3) is 0.111. The Kier molecular flexibility index (Phi) is 3.08. The van der Waals surface area contributed by atoms with Crippen molar-refractivity contribution in [2.45, 2.75) is 6.42 Å². The molecule has 76 valence electrons. The molecule has 0 saturated carbocycles. The number of benzene rings is 1. The Morgan fingerprint density at radius 1 is 1.60 bits per heavy atom. The predicted molar refractivity (Wildman–Crippen MR) is 47.6 cm³/mol. The molecule has 0 aliphatic heterocycles. The molecule has 5 nitrogen and oxygen atoms in total. The van der Waals surface area contributed by atoms with Crippen LogP contribution in [-0.4, -0.2) is 10.7 Å². The molecule has 0 bridgehead atoms. The standard InChI is InChI=1S/C9H5FN2O3/c10-7-2-1-6(9(13)3-4-11)5-8(7)12(14)15/h1-2,5H,3H2. The summed E-state index contributed by atoms with van der Waals surface area (Å²) in [6, 6.07) is 4.39. The number of nitro groups is 1. The van der Waals surface area contributed by atoms with E-state index in [4.69, 9.17) is 5.26 Å². The minimum Gasteiger partial charge on any atom is -0.293 e. The summed E-state index contributed by atoms with van der Waals surface area (Å²) in [7, 11) is 0. The zero-order valence-corrected chi connectivity index (χ0v) is 7.44. The van der Waals surface area contributed by atoms with E-state index in [0.717, 1.165) is 18.2 Å². The molecule has 1 aromatic carbocycles.